The molecule has 0 saturated carbocycles. The molecule has 9 nitrogen and oxygen atoms in total. The number of ether oxygens (including phenoxy) is 1. The van der Waals surface area contributed by atoms with Crippen molar-refractivity contribution in [2.24, 2.45) is 0 Å². The maximum absolute atomic E-state index is 6.49. The Kier molecular flexibility index (Phi) is 7.43. The molecule has 2 aromatic carbocycles. The van der Waals surface area contributed by atoms with E-state index in [4.69, 9.17) is 16.3 Å². The van der Waals surface area contributed by atoms with Crippen molar-refractivity contribution in [3.63, 3.8) is 0 Å². The first-order valence-electron chi connectivity index (χ1n) is 12.4. The highest BCUT2D eigenvalue weighted by Crippen LogP contribution is 2.32. The molecule has 192 valence electrons. The van der Waals surface area contributed by atoms with Crippen molar-refractivity contribution in [3.8, 4) is 11.4 Å². The third-order valence-electron chi connectivity index (χ3n) is 6.54. The van der Waals surface area contributed by atoms with Crippen molar-refractivity contribution in [3.05, 3.63) is 71.6 Å². The zero-order chi connectivity index (χ0) is 25.8. The number of nitrogens with one attached hydrogen (secondary N) is 2. The molecule has 0 saturated heterocycles. The number of benzene rings is 2. The van der Waals surface area contributed by atoms with Gasteiger partial charge in [0.25, 0.3) is 0 Å². The van der Waals surface area contributed by atoms with Gasteiger partial charge in [0.1, 0.15) is 10.8 Å². The maximum Gasteiger partial charge on any atom is 0.229 e. The van der Waals surface area contributed by atoms with Gasteiger partial charge in [0.05, 0.1) is 24.7 Å². The molecule has 2 aromatic heterocycles. The average molecular weight is 519 g/mol. The number of fused-ring (bicyclic) bond motifs is 1. The Morgan fingerprint density at radius 2 is 1.92 bits per heavy atom. The predicted octanol–water partition coefficient (Wildman–Crippen LogP) is 5.47. The highest BCUT2D eigenvalue weighted by molar-refractivity contribution is 6.33. The maximum atomic E-state index is 6.49. The van der Waals surface area contributed by atoms with Gasteiger partial charge < -0.3 is 20.3 Å². The van der Waals surface area contributed by atoms with Crippen LogP contribution in [-0.2, 0) is 6.54 Å². The summed E-state index contributed by atoms with van der Waals surface area (Å²) in [4.78, 5) is 14.0. The average Bonchev–Trinajstić information content (AvgIpc) is 3.40. The number of rotatable bonds is 8. The van der Waals surface area contributed by atoms with Crippen molar-refractivity contribution in [1.82, 2.24) is 24.6 Å². The third kappa shape index (κ3) is 5.47. The molecule has 0 unspecified atom stereocenters. The molecule has 37 heavy (non-hydrogen) atoms. The van der Waals surface area contributed by atoms with Crippen LogP contribution in [0.3, 0.4) is 0 Å². The van der Waals surface area contributed by atoms with E-state index in [0.29, 0.717) is 16.8 Å². The monoisotopic (exact) mass is 518 g/mol. The normalized spacial score (nSPS) is 13.7. The largest absolute Gasteiger partial charge is 0.497 e. The van der Waals surface area contributed by atoms with Gasteiger partial charge in [-0.05, 0) is 49.4 Å². The Morgan fingerprint density at radius 1 is 1.03 bits per heavy atom. The number of halogens is 1. The number of methoxy groups -OCH3 is 1. The highest BCUT2D eigenvalue weighted by Gasteiger charge is 2.19. The summed E-state index contributed by atoms with van der Waals surface area (Å²) in [7, 11) is 1.64. The summed E-state index contributed by atoms with van der Waals surface area (Å²) in [5.74, 6) is 1.66. The molecule has 10 heteroatoms. The lowest BCUT2D eigenvalue weighted by Gasteiger charge is -2.23. The van der Waals surface area contributed by atoms with Gasteiger partial charge in [-0.3, -0.25) is 4.90 Å². The first-order chi connectivity index (χ1) is 18.1. The van der Waals surface area contributed by atoms with Crippen LogP contribution in [0.15, 0.2) is 61.1 Å². The van der Waals surface area contributed by atoms with Crippen LogP contribution in [0, 0.1) is 0 Å². The molecule has 0 bridgehead atoms. The van der Waals surface area contributed by atoms with Crippen LogP contribution < -0.4 is 20.3 Å². The van der Waals surface area contributed by atoms with E-state index in [2.05, 4.69) is 67.5 Å². The number of aromatic nitrogens is 4. The smallest absolute Gasteiger partial charge is 0.229 e. The van der Waals surface area contributed by atoms with Crippen LogP contribution in [0.5, 0.6) is 5.75 Å². The zero-order valence-corrected chi connectivity index (χ0v) is 22.0. The molecule has 0 spiro atoms. The fourth-order valence-electron chi connectivity index (χ4n) is 4.49. The van der Waals surface area contributed by atoms with Gasteiger partial charge in [-0.1, -0.05) is 24.6 Å². The van der Waals surface area contributed by atoms with Crippen molar-refractivity contribution in [2.75, 3.05) is 48.8 Å². The fraction of sp³-hybridized carbons (Fsp3) is 0.296. The molecule has 0 atom stereocenters. The Balaban J connectivity index is 1.42. The van der Waals surface area contributed by atoms with Gasteiger partial charge in [0.2, 0.25) is 5.95 Å². The lowest BCUT2D eigenvalue weighted by molar-refractivity contribution is 0.293. The SMILES string of the molecule is CCN1CCN(CC)c2cc(Nc3ncc(Cl)c(Nc4ccc(OC)cc4-n4cccn4)n3)ccc2C1. The summed E-state index contributed by atoms with van der Waals surface area (Å²) in [6.07, 6.45) is 5.19. The van der Waals surface area contributed by atoms with E-state index in [-0.39, 0.29) is 0 Å². The van der Waals surface area contributed by atoms with Gasteiger partial charge >= 0.3 is 0 Å². The van der Waals surface area contributed by atoms with E-state index in [1.54, 1.807) is 24.2 Å². The van der Waals surface area contributed by atoms with Gasteiger partial charge in [-0.15, -0.1) is 0 Å². The number of anilines is 5. The molecule has 5 rings (SSSR count). The van der Waals surface area contributed by atoms with E-state index in [0.717, 1.165) is 55.5 Å². The second-order valence-electron chi connectivity index (χ2n) is 8.77. The summed E-state index contributed by atoms with van der Waals surface area (Å²) in [5.41, 5.74) is 5.09. The number of likely N-dealkylation sites (N-methyl/N-ethyl adjacent to an activating group) is 2. The molecule has 0 aliphatic carbocycles. The fourth-order valence-corrected chi connectivity index (χ4v) is 4.63. The van der Waals surface area contributed by atoms with Gasteiger partial charge in [-0.25, -0.2) is 9.67 Å². The van der Waals surface area contributed by atoms with Crippen molar-refractivity contribution in [2.45, 2.75) is 20.4 Å². The minimum Gasteiger partial charge on any atom is -0.497 e. The van der Waals surface area contributed by atoms with Crippen LogP contribution in [0.2, 0.25) is 5.02 Å². The van der Waals surface area contributed by atoms with Crippen molar-refractivity contribution >= 4 is 40.4 Å². The molecule has 3 heterocycles. The number of hydrogen-bond donors (Lipinski definition) is 2. The lowest BCUT2D eigenvalue weighted by Crippen LogP contribution is -2.31. The minimum atomic E-state index is 0.409. The Labute approximate surface area is 222 Å². The number of hydrogen-bond acceptors (Lipinski definition) is 8. The standard InChI is InChI=1S/C27H31ClN8O/c1-4-34-13-14-35(5-2)24-15-20(8-7-19(24)18-34)31-27-29-17-22(28)26(33-27)32-23-10-9-21(37-3)16-25(23)36-12-6-11-30-36/h6-12,15-17H,4-5,13-14,18H2,1-3H3,(H2,29,31,32,33). The molecule has 0 amide bonds. The summed E-state index contributed by atoms with van der Waals surface area (Å²) < 4.78 is 7.16. The van der Waals surface area contributed by atoms with Crippen LogP contribution in [0.1, 0.15) is 19.4 Å². The van der Waals surface area contributed by atoms with Gasteiger partial charge in [0, 0.05) is 56.0 Å². The molecule has 0 radical (unpaired) electrons. The third-order valence-corrected chi connectivity index (χ3v) is 6.82. The van der Waals surface area contributed by atoms with E-state index >= 15 is 0 Å². The molecular formula is C27H31ClN8O. The van der Waals surface area contributed by atoms with Gasteiger partial charge in [0.15, 0.2) is 5.82 Å². The van der Waals surface area contributed by atoms with Crippen LogP contribution in [0.25, 0.3) is 5.69 Å². The quantitative estimate of drug-likeness (QED) is 0.317. The van der Waals surface area contributed by atoms with E-state index in [1.165, 1.54) is 11.3 Å². The summed E-state index contributed by atoms with van der Waals surface area (Å²) in [6.45, 7) is 9.43. The van der Waals surface area contributed by atoms with Crippen molar-refractivity contribution < 1.29 is 4.74 Å². The van der Waals surface area contributed by atoms with Crippen LogP contribution >= 0.6 is 11.6 Å². The molecule has 1 aliphatic rings. The number of nitrogens with zero attached hydrogens (tertiary/aromatic N) is 6. The van der Waals surface area contributed by atoms with E-state index in [9.17, 15) is 0 Å². The van der Waals surface area contributed by atoms with Gasteiger partial charge in [-0.2, -0.15) is 10.1 Å². The minimum absolute atomic E-state index is 0.409. The van der Waals surface area contributed by atoms with Crippen LogP contribution in [-0.4, -0.2) is 57.9 Å². The predicted molar refractivity (Wildman–Crippen MR) is 149 cm³/mol. The van der Waals surface area contributed by atoms with Crippen molar-refractivity contribution in [1.29, 1.82) is 0 Å². The summed E-state index contributed by atoms with van der Waals surface area (Å²) >= 11 is 6.49. The van der Waals surface area contributed by atoms with Crippen LogP contribution in [0.4, 0.5) is 28.8 Å². The topological polar surface area (TPSA) is 83.4 Å². The zero-order valence-electron chi connectivity index (χ0n) is 21.3. The molecule has 0 fully saturated rings. The molecule has 1 aliphatic heterocycles. The Hall–Kier alpha value is -3.82. The Morgan fingerprint density at radius 3 is 2.68 bits per heavy atom. The first-order valence-corrected chi connectivity index (χ1v) is 12.8. The second kappa shape index (κ2) is 11.1. The molecule has 4 aromatic rings. The highest BCUT2D eigenvalue weighted by atomic mass is 35.5. The first kappa shape index (κ1) is 24.9. The van der Waals surface area contributed by atoms with E-state index in [1.807, 2.05) is 30.5 Å². The molecular weight excluding hydrogens is 488 g/mol. The Bertz CT molecular complexity index is 1360. The summed E-state index contributed by atoms with van der Waals surface area (Å²) in [6, 6.07) is 14.0. The second-order valence-corrected chi connectivity index (χ2v) is 9.17. The molecule has 2 N–H and O–H groups in total. The summed E-state index contributed by atoms with van der Waals surface area (Å²) in [5, 5.41) is 11.5. The van der Waals surface area contributed by atoms with E-state index < -0.39 is 0 Å². The lowest BCUT2D eigenvalue weighted by atomic mass is 10.1.